The number of hydrogen-bond donors (Lipinski definition) is 2. The Labute approximate surface area is 101 Å². The zero-order valence-corrected chi connectivity index (χ0v) is 10.5. The molecule has 0 bridgehead atoms. The zero-order valence-electron chi connectivity index (χ0n) is 9.70. The first kappa shape index (κ1) is 12.6. The van der Waals surface area contributed by atoms with Gasteiger partial charge in [-0.3, -0.25) is 4.79 Å². The molecule has 0 saturated carbocycles. The van der Waals surface area contributed by atoms with E-state index in [9.17, 15) is 4.79 Å². The van der Waals surface area contributed by atoms with Crippen LogP contribution < -0.4 is 11.1 Å². The van der Waals surface area contributed by atoms with Gasteiger partial charge in [-0.15, -0.1) is 0 Å². The van der Waals surface area contributed by atoms with Crippen molar-refractivity contribution in [3.8, 4) is 0 Å². The van der Waals surface area contributed by atoms with Gasteiger partial charge < -0.3 is 11.1 Å². The standard InChI is InChI=1S/C12H16N2OS/c1-7-5-4-6-10(8(7)2)14-12(15)9(3)11(13)16/h4-6,9H,1-3H3,(H2,13,16)(H,14,15). The fraction of sp³-hybridized carbons (Fsp3) is 0.333. The van der Waals surface area contributed by atoms with Crippen LogP contribution in [-0.2, 0) is 4.79 Å². The number of amides is 1. The highest BCUT2D eigenvalue weighted by atomic mass is 32.1. The second-order valence-corrected chi connectivity index (χ2v) is 4.33. The van der Waals surface area contributed by atoms with Crippen LogP contribution in [0.4, 0.5) is 5.69 Å². The summed E-state index contributed by atoms with van der Waals surface area (Å²) in [4.78, 5) is 11.9. The van der Waals surface area contributed by atoms with Gasteiger partial charge in [-0.05, 0) is 38.0 Å². The van der Waals surface area contributed by atoms with Crippen molar-refractivity contribution in [2.45, 2.75) is 20.8 Å². The number of anilines is 1. The van der Waals surface area contributed by atoms with Crippen molar-refractivity contribution < 1.29 is 4.79 Å². The molecule has 1 atom stereocenters. The van der Waals surface area contributed by atoms with Gasteiger partial charge in [0.15, 0.2) is 0 Å². The minimum absolute atomic E-state index is 0.166. The van der Waals surface area contributed by atoms with Crippen molar-refractivity contribution in [1.82, 2.24) is 0 Å². The molecule has 0 saturated heterocycles. The van der Waals surface area contributed by atoms with Gasteiger partial charge in [0.1, 0.15) is 0 Å². The van der Waals surface area contributed by atoms with Crippen LogP contribution >= 0.6 is 12.2 Å². The normalized spacial score (nSPS) is 11.9. The molecule has 0 aliphatic rings. The molecule has 4 heteroatoms. The van der Waals surface area contributed by atoms with E-state index in [4.69, 9.17) is 18.0 Å². The van der Waals surface area contributed by atoms with Crippen molar-refractivity contribution in [3.05, 3.63) is 29.3 Å². The predicted molar refractivity (Wildman–Crippen MR) is 70.5 cm³/mol. The van der Waals surface area contributed by atoms with Gasteiger partial charge in [0.2, 0.25) is 5.91 Å². The van der Waals surface area contributed by atoms with Crippen LogP contribution in [0.2, 0.25) is 0 Å². The molecule has 0 fully saturated rings. The van der Waals surface area contributed by atoms with Crippen LogP contribution in [0.1, 0.15) is 18.1 Å². The topological polar surface area (TPSA) is 55.1 Å². The summed E-state index contributed by atoms with van der Waals surface area (Å²) in [5.41, 5.74) is 8.44. The molecule has 3 nitrogen and oxygen atoms in total. The van der Waals surface area contributed by atoms with E-state index in [1.165, 1.54) is 0 Å². The smallest absolute Gasteiger partial charge is 0.234 e. The van der Waals surface area contributed by atoms with Gasteiger partial charge in [0, 0.05) is 5.69 Å². The molecule has 3 N–H and O–H groups in total. The number of hydrogen-bond acceptors (Lipinski definition) is 2. The van der Waals surface area contributed by atoms with Crippen molar-refractivity contribution in [1.29, 1.82) is 0 Å². The van der Waals surface area contributed by atoms with Crippen LogP contribution in [0, 0.1) is 19.8 Å². The fourth-order valence-electron chi connectivity index (χ4n) is 1.26. The Morgan fingerprint density at radius 3 is 2.62 bits per heavy atom. The number of carbonyl (C=O) groups is 1. The Morgan fingerprint density at radius 1 is 1.44 bits per heavy atom. The average molecular weight is 236 g/mol. The van der Waals surface area contributed by atoms with E-state index in [1.54, 1.807) is 6.92 Å². The molecule has 1 aromatic rings. The summed E-state index contributed by atoms with van der Waals surface area (Å²) >= 11 is 4.79. The number of aryl methyl sites for hydroxylation is 1. The highest BCUT2D eigenvalue weighted by Crippen LogP contribution is 2.18. The number of thiocarbonyl (C=S) groups is 1. The van der Waals surface area contributed by atoms with E-state index in [0.29, 0.717) is 0 Å². The van der Waals surface area contributed by atoms with Crippen LogP contribution in [0.25, 0.3) is 0 Å². The first-order chi connectivity index (χ1) is 7.43. The molecule has 0 heterocycles. The lowest BCUT2D eigenvalue weighted by atomic mass is 10.1. The quantitative estimate of drug-likeness (QED) is 0.791. The van der Waals surface area contributed by atoms with E-state index < -0.39 is 5.92 Å². The fourth-order valence-corrected chi connectivity index (χ4v) is 1.36. The molecule has 1 unspecified atom stereocenters. The summed E-state index contributed by atoms with van der Waals surface area (Å²) < 4.78 is 0. The molecule has 0 aliphatic carbocycles. The number of nitrogens with one attached hydrogen (secondary N) is 1. The van der Waals surface area contributed by atoms with E-state index in [1.807, 2.05) is 32.0 Å². The largest absolute Gasteiger partial charge is 0.393 e. The Morgan fingerprint density at radius 2 is 2.06 bits per heavy atom. The first-order valence-electron chi connectivity index (χ1n) is 5.10. The molecular weight excluding hydrogens is 220 g/mol. The zero-order chi connectivity index (χ0) is 12.3. The van der Waals surface area contributed by atoms with Crippen molar-refractivity contribution in [3.63, 3.8) is 0 Å². The number of rotatable bonds is 3. The monoisotopic (exact) mass is 236 g/mol. The molecule has 0 aromatic heterocycles. The number of benzene rings is 1. The lowest BCUT2D eigenvalue weighted by Crippen LogP contribution is -2.31. The maximum absolute atomic E-state index is 11.7. The Kier molecular flexibility index (Phi) is 4.01. The van der Waals surface area contributed by atoms with E-state index in [2.05, 4.69) is 5.32 Å². The van der Waals surface area contributed by atoms with Crippen molar-refractivity contribution >= 4 is 28.8 Å². The van der Waals surface area contributed by atoms with Crippen LogP contribution in [0.3, 0.4) is 0 Å². The summed E-state index contributed by atoms with van der Waals surface area (Å²) in [6, 6.07) is 5.78. The van der Waals surface area contributed by atoms with Gasteiger partial charge in [-0.1, -0.05) is 24.4 Å². The maximum Gasteiger partial charge on any atom is 0.234 e. The Bertz CT molecular complexity index is 429. The van der Waals surface area contributed by atoms with E-state index in [0.717, 1.165) is 16.8 Å². The Balaban J connectivity index is 2.85. The van der Waals surface area contributed by atoms with Crippen LogP contribution in [-0.4, -0.2) is 10.9 Å². The summed E-state index contributed by atoms with van der Waals surface area (Å²) in [5.74, 6) is -0.615. The van der Waals surface area contributed by atoms with Crippen molar-refractivity contribution in [2.24, 2.45) is 11.7 Å². The van der Waals surface area contributed by atoms with Gasteiger partial charge in [-0.2, -0.15) is 0 Å². The third-order valence-corrected chi connectivity index (χ3v) is 3.04. The lowest BCUT2D eigenvalue weighted by molar-refractivity contribution is -0.117. The second kappa shape index (κ2) is 5.07. The summed E-state index contributed by atoms with van der Waals surface area (Å²) in [6.45, 7) is 5.67. The van der Waals surface area contributed by atoms with Crippen LogP contribution in [0.5, 0.6) is 0 Å². The lowest BCUT2D eigenvalue weighted by Gasteiger charge is -2.13. The predicted octanol–water partition coefficient (Wildman–Crippen LogP) is 2.16. The van der Waals surface area contributed by atoms with Gasteiger partial charge in [0.25, 0.3) is 0 Å². The SMILES string of the molecule is Cc1cccc(NC(=O)C(C)C(N)=S)c1C. The molecule has 1 rings (SSSR count). The maximum atomic E-state index is 11.7. The Hall–Kier alpha value is -1.42. The minimum atomic E-state index is -0.449. The molecule has 0 spiro atoms. The number of nitrogens with two attached hydrogens (primary N) is 1. The molecule has 1 amide bonds. The van der Waals surface area contributed by atoms with E-state index >= 15 is 0 Å². The molecule has 0 aliphatic heterocycles. The minimum Gasteiger partial charge on any atom is -0.393 e. The van der Waals surface area contributed by atoms with E-state index in [-0.39, 0.29) is 10.9 Å². The molecule has 0 radical (unpaired) electrons. The third kappa shape index (κ3) is 2.79. The summed E-state index contributed by atoms with van der Waals surface area (Å²) in [6.07, 6.45) is 0. The molecule has 86 valence electrons. The van der Waals surface area contributed by atoms with Gasteiger partial charge in [0.05, 0.1) is 10.9 Å². The first-order valence-corrected chi connectivity index (χ1v) is 5.50. The number of carbonyl (C=O) groups excluding carboxylic acids is 1. The van der Waals surface area contributed by atoms with Gasteiger partial charge in [-0.25, -0.2) is 0 Å². The summed E-state index contributed by atoms with van der Waals surface area (Å²) in [5, 5.41) is 2.83. The second-order valence-electron chi connectivity index (χ2n) is 3.86. The van der Waals surface area contributed by atoms with Crippen LogP contribution in [0.15, 0.2) is 18.2 Å². The van der Waals surface area contributed by atoms with Gasteiger partial charge >= 0.3 is 0 Å². The molecule has 1 aromatic carbocycles. The van der Waals surface area contributed by atoms with Crippen molar-refractivity contribution in [2.75, 3.05) is 5.32 Å². The highest BCUT2D eigenvalue weighted by Gasteiger charge is 2.16. The highest BCUT2D eigenvalue weighted by molar-refractivity contribution is 7.80. The third-order valence-electron chi connectivity index (χ3n) is 2.68. The average Bonchev–Trinajstić information content (AvgIpc) is 2.23. The molecule has 16 heavy (non-hydrogen) atoms. The summed E-state index contributed by atoms with van der Waals surface area (Å²) in [7, 11) is 0. The molecular formula is C12H16N2OS.